The molecule has 12 aliphatic rings. The van der Waals surface area contributed by atoms with E-state index in [1.807, 2.05) is 155 Å². The molecule has 12 fully saturated rings. The van der Waals surface area contributed by atoms with E-state index in [9.17, 15) is 36.7 Å². The van der Waals surface area contributed by atoms with Gasteiger partial charge in [0.05, 0.1) is 69.7 Å². The second-order valence-corrected chi connectivity index (χ2v) is 37.5. The van der Waals surface area contributed by atoms with Crippen molar-refractivity contribution >= 4 is 46.0 Å². The van der Waals surface area contributed by atoms with E-state index in [1.54, 1.807) is 111 Å². The van der Waals surface area contributed by atoms with Crippen molar-refractivity contribution in [2.24, 2.45) is 23.7 Å². The Morgan fingerprint density at radius 3 is 0.868 bits per heavy atom. The summed E-state index contributed by atoms with van der Waals surface area (Å²) in [6, 6.07) is 52.1. The summed E-state index contributed by atoms with van der Waals surface area (Å²) in [5, 5.41) is 21.9. The molecule has 4 N–H and O–H groups in total. The highest BCUT2D eigenvalue weighted by Gasteiger charge is 2.40. The van der Waals surface area contributed by atoms with E-state index in [4.69, 9.17) is 0 Å². The number of aryl methyl sites for hydroxylation is 4. The third kappa shape index (κ3) is 18.0. The molecular formula is C108H104F4N20O4. The van der Waals surface area contributed by atoms with Crippen molar-refractivity contribution < 1.29 is 36.7 Å². The smallest absolute Gasteiger partial charge is 0.270 e. The van der Waals surface area contributed by atoms with Gasteiger partial charge in [0.25, 0.3) is 23.6 Å². The number of hydrogen-bond acceptors (Lipinski definition) is 16. The van der Waals surface area contributed by atoms with E-state index >= 15 is 0 Å². The van der Waals surface area contributed by atoms with Gasteiger partial charge in [0.1, 0.15) is 46.0 Å². The SMILES string of the molecule is Cc1cc(-c2ncccc2-c2ccc3ncc(C(=O)N[C@@H]4CN5CCC4CC5)n3c2)ccc1F.Cc1cc(-c2ncccc2-c2ccc3ncc(C(=O)N[C@H]4CN5CCC4CC5)n3c2)ccc1F.Cc1cc(-c2ncccc2-c2ccn3ncc(C(=O)N[C@@H]4CN5CCC4CC5)c3c2)ccc1F.Cc1cc(-c2ncccc2-c2ccn3ncc(C(=O)N[C@H]4CN5CCC4CC5)c3c2)ccc1F. The predicted octanol–water partition coefficient (Wildman–Crippen LogP) is 17.3. The number of fused-ring (bicyclic) bond motifs is 16. The van der Waals surface area contributed by atoms with Crippen LogP contribution in [-0.2, 0) is 0 Å². The number of benzene rings is 4. The van der Waals surface area contributed by atoms with Gasteiger partial charge in [-0.1, -0.05) is 24.3 Å². The van der Waals surface area contributed by atoms with E-state index in [0.29, 0.717) is 79.7 Å². The third-order valence-electron chi connectivity index (χ3n) is 29.1. The molecule has 4 atom stereocenters. The molecular weight excluding hydrogens is 1720 g/mol. The first kappa shape index (κ1) is 88.3. The topological polar surface area (TPSA) is 250 Å². The summed E-state index contributed by atoms with van der Waals surface area (Å²) in [7, 11) is 0. The molecule has 0 unspecified atom stereocenters. The molecule has 28 heteroatoms. The minimum Gasteiger partial charge on any atom is -0.348 e. The lowest BCUT2D eigenvalue weighted by molar-refractivity contribution is 0.0614. The van der Waals surface area contributed by atoms with E-state index in [2.05, 4.69) is 81.0 Å². The molecule has 12 aromatic heterocycles. The Bertz CT molecular complexity index is 6410. The Hall–Kier alpha value is -14.3. The van der Waals surface area contributed by atoms with Crippen molar-refractivity contribution in [3.8, 4) is 89.5 Å². The maximum absolute atomic E-state index is 13.8. The maximum atomic E-state index is 13.8. The number of nitrogens with one attached hydrogen (secondary N) is 4. The standard InChI is InChI=1S/4C27H26FN5O/c2*1-17-13-19(4-6-22(17)28)26-21(3-2-10-29-26)20-5-7-25-30-14-24(33(25)15-20)27(34)31-23-16-32-11-8-18(23)9-12-32;2*1-17-13-20(4-5-23(17)28)26-21(3-2-9-29-26)19-8-12-33-25(14-19)22(15-30-33)27(34)31-24-16-32-10-6-18(24)7-11-32/h2*2-7,10,13-15,18,23H,8-9,11-12,16H2,1H3,(H,31,34);2*2-5,8-9,12-15,18,24H,6-7,10-11,16H2,1H3,(H,31,34)/t2*23-;2*24-/m1010/s1. The first-order chi connectivity index (χ1) is 66.3. The Balaban J connectivity index is 0.000000108. The van der Waals surface area contributed by atoms with Crippen LogP contribution in [0.1, 0.15) is 115 Å². The molecule has 28 rings (SSSR count). The van der Waals surface area contributed by atoms with Gasteiger partial charge in [-0.25, -0.2) is 36.6 Å². The predicted molar refractivity (Wildman–Crippen MR) is 516 cm³/mol. The van der Waals surface area contributed by atoms with Crippen LogP contribution in [0.2, 0.25) is 0 Å². The Morgan fingerprint density at radius 1 is 0.309 bits per heavy atom. The first-order valence-corrected chi connectivity index (χ1v) is 47.2. The zero-order valence-electron chi connectivity index (χ0n) is 76.2. The first-order valence-electron chi connectivity index (χ1n) is 47.2. The van der Waals surface area contributed by atoms with Crippen molar-refractivity contribution in [2.75, 3.05) is 78.5 Å². The number of aromatic nitrogens is 12. The van der Waals surface area contributed by atoms with E-state index in [-0.39, 0.29) is 71.1 Å². The van der Waals surface area contributed by atoms with Crippen LogP contribution in [0.15, 0.2) is 244 Å². The Kier molecular flexibility index (Phi) is 24.6. The maximum Gasteiger partial charge on any atom is 0.270 e. The summed E-state index contributed by atoms with van der Waals surface area (Å²) in [6.07, 6.45) is 30.3. The highest BCUT2D eigenvalue weighted by molar-refractivity contribution is 6.03. The lowest BCUT2D eigenvalue weighted by Gasteiger charge is -2.44. The molecule has 0 saturated carbocycles. The number of nitrogens with zero attached hydrogens (tertiary/aromatic N) is 16. The molecule has 24 nitrogen and oxygen atoms in total. The molecule has 24 heterocycles. The Morgan fingerprint density at radius 2 is 0.588 bits per heavy atom. The van der Waals surface area contributed by atoms with Crippen LogP contribution in [0.5, 0.6) is 0 Å². The van der Waals surface area contributed by atoms with Crippen molar-refractivity contribution in [3.05, 3.63) is 312 Å². The van der Waals surface area contributed by atoms with Crippen LogP contribution in [0.25, 0.3) is 112 Å². The van der Waals surface area contributed by atoms with Gasteiger partial charge >= 0.3 is 0 Å². The van der Waals surface area contributed by atoms with Gasteiger partial charge in [0, 0.05) is 156 Å². The molecule has 0 radical (unpaired) electrons. The number of pyridine rings is 8. The van der Waals surface area contributed by atoms with Crippen LogP contribution >= 0.6 is 0 Å². The monoisotopic (exact) mass is 1820 g/mol. The van der Waals surface area contributed by atoms with Gasteiger partial charge in [-0.2, -0.15) is 10.2 Å². The molecule has 16 aromatic rings. The van der Waals surface area contributed by atoms with Gasteiger partial charge in [-0.3, -0.25) is 47.9 Å². The molecule has 0 aliphatic carbocycles. The number of amides is 4. The third-order valence-corrected chi connectivity index (χ3v) is 29.1. The minimum atomic E-state index is -0.236. The van der Waals surface area contributed by atoms with Crippen LogP contribution in [-0.4, -0.2) is 204 Å². The largest absolute Gasteiger partial charge is 0.348 e. The fourth-order valence-electron chi connectivity index (χ4n) is 21.4. The van der Waals surface area contributed by atoms with E-state index in [1.165, 1.54) is 24.3 Å². The van der Waals surface area contributed by atoms with Crippen molar-refractivity contribution in [1.82, 2.24) is 98.8 Å². The molecule has 0 spiro atoms. The lowest BCUT2D eigenvalue weighted by atomic mass is 9.84. The fourth-order valence-corrected chi connectivity index (χ4v) is 21.4. The van der Waals surface area contributed by atoms with Crippen molar-refractivity contribution in [1.29, 1.82) is 0 Å². The summed E-state index contributed by atoms with van der Waals surface area (Å²) < 4.78 is 62.5. The van der Waals surface area contributed by atoms with Gasteiger partial charge in [-0.05, 0) is 334 Å². The number of rotatable bonds is 16. The van der Waals surface area contributed by atoms with Gasteiger partial charge in [0.15, 0.2) is 0 Å². The number of carbonyl (C=O) groups is 4. The average molecular weight is 1820 g/mol. The molecule has 4 amide bonds. The second-order valence-electron chi connectivity index (χ2n) is 37.5. The molecule has 8 bridgehead atoms. The summed E-state index contributed by atoms with van der Waals surface area (Å²) in [4.78, 5) is 89.9. The van der Waals surface area contributed by atoms with Crippen LogP contribution in [0.4, 0.5) is 17.6 Å². The number of halogens is 4. The molecule has 688 valence electrons. The molecule has 12 saturated heterocycles. The summed E-state index contributed by atoms with van der Waals surface area (Å²) >= 11 is 0. The lowest BCUT2D eigenvalue weighted by Crippen LogP contribution is -2.57. The zero-order chi connectivity index (χ0) is 92.9. The minimum absolute atomic E-state index is 0.0773. The van der Waals surface area contributed by atoms with E-state index in [0.717, 1.165) is 230 Å². The molecule has 136 heavy (non-hydrogen) atoms. The normalized spacial score (nSPS) is 21.6. The average Bonchev–Trinajstić information content (AvgIpc) is 1.17. The van der Waals surface area contributed by atoms with Crippen LogP contribution in [0, 0.1) is 74.6 Å². The number of hydrogen-bond donors (Lipinski definition) is 4. The van der Waals surface area contributed by atoms with Gasteiger partial charge in [0.2, 0.25) is 0 Å². The number of piperidine rings is 12. The highest BCUT2D eigenvalue weighted by Crippen LogP contribution is 2.40. The van der Waals surface area contributed by atoms with Crippen LogP contribution < -0.4 is 21.3 Å². The van der Waals surface area contributed by atoms with E-state index < -0.39 is 0 Å². The second kappa shape index (κ2) is 37.9. The van der Waals surface area contributed by atoms with Crippen molar-refractivity contribution in [3.63, 3.8) is 0 Å². The summed E-state index contributed by atoms with van der Waals surface area (Å²) in [6.45, 7) is 19.8. The number of imidazole rings is 2. The summed E-state index contributed by atoms with van der Waals surface area (Å²) in [5.41, 5.74) is 21.2. The molecule has 4 aromatic carbocycles. The van der Waals surface area contributed by atoms with Gasteiger partial charge < -0.3 is 40.9 Å². The molecule has 12 aliphatic heterocycles. The fraction of sp³-hybridized carbons (Fsp3) is 0.296. The summed E-state index contributed by atoms with van der Waals surface area (Å²) in [5.74, 6) is 0.944. The quantitative estimate of drug-likeness (QED) is 0.0656. The van der Waals surface area contributed by atoms with Crippen molar-refractivity contribution in [2.45, 2.75) is 103 Å². The van der Waals surface area contributed by atoms with Gasteiger partial charge in [-0.15, -0.1) is 0 Å². The number of carbonyl (C=O) groups excluding carboxylic acids is 4. The zero-order valence-corrected chi connectivity index (χ0v) is 76.2. The Labute approximate surface area is 784 Å². The highest BCUT2D eigenvalue weighted by atomic mass is 19.1. The van der Waals surface area contributed by atoms with Crippen LogP contribution in [0.3, 0.4) is 0 Å².